The van der Waals surface area contributed by atoms with Gasteiger partial charge in [0.15, 0.2) is 43.8 Å². The SMILES string of the molecule is CO[C@@H]([C@H](O)[C@H](C=O)O[C@@H]1OC[C@@H](O[C@@H]2OC[C@@H](O[C@@H]3OC[C@@H](O[C@@H]4OC[C@@H](O[C@@H]5OC[C@@H](O)[C@H](O)[C@H]5O)[C@H](O)[C@H]4O)[C@H](O)[C@H]3O)[C@H](O)[C@H]2O)[C@H](O)[C@H]1O)[C@H](O)C(=O)O. The Hall–Kier alpha value is -1.82. The first-order chi connectivity index (χ1) is 27.9. The van der Waals surface area contributed by atoms with Crippen molar-refractivity contribution in [2.75, 3.05) is 40.1 Å². The summed E-state index contributed by atoms with van der Waals surface area (Å²) in [6.45, 7) is -2.44. The Balaban J connectivity index is 1.07. The summed E-state index contributed by atoms with van der Waals surface area (Å²) in [5, 5.41) is 144. The smallest absolute Gasteiger partial charge is 0.335 e. The van der Waals surface area contributed by atoms with E-state index in [1.165, 1.54) is 0 Å². The molecule has 0 amide bonds. The van der Waals surface area contributed by atoms with E-state index in [2.05, 4.69) is 0 Å². The molecule has 5 rings (SSSR count). The number of aliphatic carboxylic acids is 1. The number of carboxylic acid groups (broad SMARTS) is 1. The second kappa shape index (κ2) is 21.0. The normalized spacial score (nSPS) is 46.8. The van der Waals surface area contributed by atoms with Gasteiger partial charge in [0.25, 0.3) is 0 Å². The Morgan fingerprint density at radius 1 is 0.525 bits per heavy atom. The lowest BCUT2D eigenvalue weighted by Crippen LogP contribution is -2.63. The second-order valence-electron chi connectivity index (χ2n) is 14.4. The highest BCUT2D eigenvalue weighted by atomic mass is 16.8. The molecule has 0 aromatic heterocycles. The number of aliphatic hydroxyl groups excluding tert-OH is 13. The van der Waals surface area contributed by atoms with Crippen molar-refractivity contribution in [2.45, 2.75) is 147 Å². The van der Waals surface area contributed by atoms with E-state index in [4.69, 9.17) is 57.2 Å². The van der Waals surface area contributed by atoms with Crippen molar-refractivity contribution in [1.82, 2.24) is 0 Å². The number of hydrogen-bond acceptors (Lipinski definition) is 26. The third kappa shape index (κ3) is 10.9. The van der Waals surface area contributed by atoms with Crippen LogP contribution in [0, 0.1) is 0 Å². The second-order valence-corrected chi connectivity index (χ2v) is 14.4. The van der Waals surface area contributed by atoms with Crippen LogP contribution in [0.3, 0.4) is 0 Å². The molecule has 27 heteroatoms. The van der Waals surface area contributed by atoms with Crippen LogP contribution in [0.25, 0.3) is 0 Å². The standard InChI is InChI=1S/C32H52O27/c1-49-26(25(46)27(47)48)19(40)9(2-33)55-29-21(42)15(36)11(4-51-29)57-31-23(44)17(38)13(6-53-31)59-32-24(45)18(39)12(7-54-32)58-30-22(43)16(37)10(5-52-30)56-28-20(41)14(35)8(34)3-50-28/h2,8-26,28-32,34-46H,3-7H2,1H3,(H,47,48)/t8-,9+,10-,11-,12-,13-,14+,15+,16+,17+,18+,19-,20-,21-,22-,23-,24-,25+,26+,28+,29+,30+,31+,32+/m1/s1. The van der Waals surface area contributed by atoms with Crippen molar-refractivity contribution in [2.24, 2.45) is 0 Å². The molecule has 0 spiro atoms. The number of aldehydes is 1. The van der Waals surface area contributed by atoms with E-state index in [0.717, 1.165) is 7.11 Å². The lowest BCUT2D eigenvalue weighted by Gasteiger charge is -2.45. The van der Waals surface area contributed by atoms with Gasteiger partial charge in [0, 0.05) is 7.11 Å². The van der Waals surface area contributed by atoms with Gasteiger partial charge in [-0.05, 0) is 0 Å². The molecule has 24 atom stereocenters. The van der Waals surface area contributed by atoms with Gasteiger partial charge in [-0.25, -0.2) is 4.79 Å². The zero-order valence-electron chi connectivity index (χ0n) is 31.0. The Labute approximate surface area is 333 Å². The molecule has 342 valence electrons. The Morgan fingerprint density at radius 3 is 1.19 bits per heavy atom. The molecule has 0 unspecified atom stereocenters. The monoisotopic (exact) mass is 868 g/mol. The molecule has 5 heterocycles. The molecular weight excluding hydrogens is 816 g/mol. The van der Waals surface area contributed by atoms with Crippen LogP contribution in [0.15, 0.2) is 0 Å². The van der Waals surface area contributed by atoms with Gasteiger partial charge < -0.3 is 128 Å². The van der Waals surface area contributed by atoms with E-state index in [9.17, 15) is 76.0 Å². The molecule has 59 heavy (non-hydrogen) atoms. The molecule has 0 aliphatic carbocycles. The summed E-state index contributed by atoms with van der Waals surface area (Å²) in [4.78, 5) is 22.8. The molecule has 0 saturated carbocycles. The fourth-order valence-corrected chi connectivity index (χ4v) is 6.75. The highest BCUT2D eigenvalue weighted by molar-refractivity contribution is 5.73. The van der Waals surface area contributed by atoms with Crippen molar-refractivity contribution < 1.29 is 133 Å². The van der Waals surface area contributed by atoms with Gasteiger partial charge >= 0.3 is 5.97 Å². The third-order valence-corrected chi connectivity index (χ3v) is 10.4. The summed E-state index contributed by atoms with van der Waals surface area (Å²) in [7, 11) is 0.949. The van der Waals surface area contributed by atoms with Gasteiger partial charge in [0.1, 0.15) is 110 Å². The number of rotatable bonds is 16. The topological polar surface area (TPSA) is 419 Å². The summed E-state index contributed by atoms with van der Waals surface area (Å²) in [6, 6.07) is 0. The van der Waals surface area contributed by atoms with Crippen molar-refractivity contribution in [3.8, 4) is 0 Å². The van der Waals surface area contributed by atoms with Gasteiger partial charge in [0.2, 0.25) is 0 Å². The third-order valence-electron chi connectivity index (χ3n) is 10.4. The summed E-state index contributed by atoms with van der Waals surface area (Å²) < 4.78 is 58.9. The fourth-order valence-electron chi connectivity index (χ4n) is 6.75. The van der Waals surface area contributed by atoms with Crippen LogP contribution in [0.2, 0.25) is 0 Å². The lowest BCUT2D eigenvalue weighted by molar-refractivity contribution is -0.363. The largest absolute Gasteiger partial charge is 0.479 e. The highest BCUT2D eigenvalue weighted by Gasteiger charge is 2.51. The van der Waals surface area contributed by atoms with Crippen LogP contribution >= 0.6 is 0 Å². The molecule has 5 fully saturated rings. The van der Waals surface area contributed by atoms with Crippen LogP contribution in [0.1, 0.15) is 0 Å². The average molecular weight is 869 g/mol. The number of ether oxygens (including phenoxy) is 11. The number of methoxy groups -OCH3 is 1. The van der Waals surface area contributed by atoms with E-state index in [0.29, 0.717) is 0 Å². The molecule has 27 nitrogen and oxygen atoms in total. The molecule has 5 saturated heterocycles. The fraction of sp³-hybridized carbons (Fsp3) is 0.938. The predicted octanol–water partition coefficient (Wildman–Crippen LogP) is -10.3. The van der Waals surface area contributed by atoms with Crippen LogP contribution in [-0.4, -0.2) is 271 Å². The van der Waals surface area contributed by atoms with Crippen LogP contribution in [-0.2, 0) is 61.7 Å². The molecule has 0 radical (unpaired) electrons. The maximum absolute atomic E-state index is 11.6. The molecule has 0 bridgehead atoms. The summed E-state index contributed by atoms with van der Waals surface area (Å²) in [5.74, 6) is -1.78. The number of carboxylic acids is 1. The molecule has 5 aliphatic rings. The minimum absolute atomic E-state index is 0.0215. The minimum Gasteiger partial charge on any atom is -0.479 e. The molecule has 0 aromatic rings. The summed E-state index contributed by atoms with van der Waals surface area (Å²) in [5.41, 5.74) is 0. The molecule has 5 aliphatic heterocycles. The van der Waals surface area contributed by atoms with Crippen LogP contribution in [0.4, 0.5) is 0 Å². The van der Waals surface area contributed by atoms with Crippen molar-refractivity contribution in [3.63, 3.8) is 0 Å². The van der Waals surface area contributed by atoms with Crippen molar-refractivity contribution in [1.29, 1.82) is 0 Å². The Morgan fingerprint density at radius 2 is 0.847 bits per heavy atom. The molecule has 14 N–H and O–H groups in total. The first kappa shape index (κ1) is 48.2. The van der Waals surface area contributed by atoms with E-state index < -0.39 is 180 Å². The zero-order valence-corrected chi connectivity index (χ0v) is 31.0. The van der Waals surface area contributed by atoms with Gasteiger partial charge in [-0.2, -0.15) is 0 Å². The van der Waals surface area contributed by atoms with Crippen molar-refractivity contribution in [3.05, 3.63) is 0 Å². The Kier molecular flexibility index (Phi) is 17.2. The van der Waals surface area contributed by atoms with Gasteiger partial charge in [-0.3, -0.25) is 0 Å². The number of carbonyl (C=O) groups is 2. The number of aliphatic hydroxyl groups is 13. The predicted molar refractivity (Wildman–Crippen MR) is 176 cm³/mol. The maximum atomic E-state index is 11.6. The molecular formula is C32H52O27. The highest BCUT2D eigenvalue weighted by Crippen LogP contribution is 2.30. The Bertz CT molecular complexity index is 1330. The number of hydrogen-bond donors (Lipinski definition) is 14. The van der Waals surface area contributed by atoms with E-state index in [1.54, 1.807) is 0 Å². The van der Waals surface area contributed by atoms with E-state index in [1.807, 2.05) is 0 Å². The van der Waals surface area contributed by atoms with Gasteiger partial charge in [-0.15, -0.1) is 0 Å². The zero-order chi connectivity index (χ0) is 43.5. The first-order valence-corrected chi connectivity index (χ1v) is 18.3. The van der Waals surface area contributed by atoms with Crippen LogP contribution < -0.4 is 0 Å². The maximum Gasteiger partial charge on any atom is 0.335 e. The van der Waals surface area contributed by atoms with E-state index in [-0.39, 0.29) is 12.9 Å². The van der Waals surface area contributed by atoms with Crippen LogP contribution in [0.5, 0.6) is 0 Å². The lowest BCUT2D eigenvalue weighted by atomic mass is 10.0. The summed E-state index contributed by atoms with van der Waals surface area (Å²) in [6.07, 6.45) is -41.2. The average Bonchev–Trinajstić information content (AvgIpc) is 3.21. The summed E-state index contributed by atoms with van der Waals surface area (Å²) >= 11 is 0. The minimum atomic E-state index is -2.27. The quantitative estimate of drug-likeness (QED) is 0.0640. The first-order valence-electron chi connectivity index (χ1n) is 18.3. The van der Waals surface area contributed by atoms with E-state index >= 15 is 0 Å². The van der Waals surface area contributed by atoms with Gasteiger partial charge in [-0.1, -0.05) is 0 Å². The number of carbonyl (C=O) groups excluding carboxylic acids is 1. The molecule has 0 aromatic carbocycles. The van der Waals surface area contributed by atoms with Crippen molar-refractivity contribution >= 4 is 12.3 Å². The van der Waals surface area contributed by atoms with Gasteiger partial charge in [0.05, 0.1) is 33.0 Å².